The van der Waals surface area contributed by atoms with Gasteiger partial charge in [-0.15, -0.1) is 0 Å². The zero-order valence-corrected chi connectivity index (χ0v) is 7.82. The number of nitriles is 1. The van der Waals surface area contributed by atoms with Crippen molar-refractivity contribution in [3.63, 3.8) is 0 Å². The fourth-order valence-electron chi connectivity index (χ4n) is 2.04. The molecular weight excluding hydrogens is 162 g/mol. The smallest absolute Gasteiger partial charge is 0.0884 e. The number of hydrogen-bond donors (Lipinski definition) is 0. The van der Waals surface area contributed by atoms with Crippen molar-refractivity contribution in [3.05, 3.63) is 17.5 Å². The average Bonchev–Trinajstić information content (AvgIpc) is 2.60. The zero-order valence-electron chi connectivity index (χ0n) is 7.82. The Balaban J connectivity index is 2.46. The van der Waals surface area contributed by atoms with Gasteiger partial charge in [0.1, 0.15) is 0 Å². The minimum Gasteiger partial charge on any atom is -0.268 e. The molecule has 0 N–H and O–H groups in total. The van der Waals surface area contributed by atoms with E-state index in [2.05, 4.69) is 18.1 Å². The highest BCUT2D eigenvalue weighted by atomic mass is 15.3. The van der Waals surface area contributed by atoms with Crippen LogP contribution in [0.2, 0.25) is 0 Å². The number of fused-ring (bicyclic) bond motifs is 1. The summed E-state index contributed by atoms with van der Waals surface area (Å²) in [6.45, 7) is 2.93. The fourth-order valence-corrected chi connectivity index (χ4v) is 2.04. The monoisotopic (exact) mass is 175 g/mol. The van der Waals surface area contributed by atoms with E-state index in [4.69, 9.17) is 5.26 Å². The lowest BCUT2D eigenvalue weighted by Crippen LogP contribution is -2.13. The minimum atomic E-state index is 0.0752. The van der Waals surface area contributed by atoms with Gasteiger partial charge >= 0.3 is 0 Å². The number of rotatable bonds is 1. The van der Waals surface area contributed by atoms with E-state index in [9.17, 15) is 0 Å². The van der Waals surface area contributed by atoms with E-state index in [1.165, 1.54) is 5.56 Å². The van der Waals surface area contributed by atoms with Gasteiger partial charge in [-0.3, -0.25) is 4.68 Å². The van der Waals surface area contributed by atoms with Crippen molar-refractivity contribution in [1.82, 2.24) is 9.78 Å². The van der Waals surface area contributed by atoms with Crippen LogP contribution in [0, 0.1) is 11.3 Å². The number of aryl methyl sites for hydroxylation is 2. The molecule has 0 aliphatic heterocycles. The molecule has 1 heterocycles. The highest BCUT2D eigenvalue weighted by molar-refractivity contribution is 5.29. The highest BCUT2D eigenvalue weighted by Gasteiger charge is 2.23. The molecule has 3 heteroatoms. The quantitative estimate of drug-likeness (QED) is 0.653. The Hall–Kier alpha value is -1.30. The molecule has 0 aromatic carbocycles. The Labute approximate surface area is 78.0 Å². The van der Waals surface area contributed by atoms with Crippen LogP contribution in [0.15, 0.2) is 6.20 Å². The molecule has 0 amide bonds. The Morgan fingerprint density at radius 3 is 3.31 bits per heavy atom. The predicted octanol–water partition coefficient (Wildman–Crippen LogP) is 1.85. The van der Waals surface area contributed by atoms with Crippen LogP contribution in [-0.4, -0.2) is 9.78 Å². The highest BCUT2D eigenvalue weighted by Crippen LogP contribution is 2.30. The Morgan fingerprint density at radius 1 is 1.77 bits per heavy atom. The molecule has 0 radical (unpaired) electrons. The second kappa shape index (κ2) is 3.21. The van der Waals surface area contributed by atoms with Crippen molar-refractivity contribution in [2.24, 2.45) is 0 Å². The van der Waals surface area contributed by atoms with Gasteiger partial charge in [0, 0.05) is 6.54 Å². The molecule has 0 bridgehead atoms. The molecule has 3 nitrogen and oxygen atoms in total. The Morgan fingerprint density at radius 2 is 2.62 bits per heavy atom. The third kappa shape index (κ3) is 1.23. The molecule has 0 spiro atoms. The van der Waals surface area contributed by atoms with Crippen LogP contribution in [-0.2, 0) is 13.0 Å². The van der Waals surface area contributed by atoms with Crippen molar-refractivity contribution in [2.45, 2.75) is 38.6 Å². The first-order chi connectivity index (χ1) is 6.36. The van der Waals surface area contributed by atoms with Gasteiger partial charge in [0.15, 0.2) is 0 Å². The third-order valence-corrected chi connectivity index (χ3v) is 2.68. The van der Waals surface area contributed by atoms with Gasteiger partial charge in [0.25, 0.3) is 0 Å². The van der Waals surface area contributed by atoms with Crippen molar-refractivity contribution in [3.8, 4) is 6.07 Å². The van der Waals surface area contributed by atoms with E-state index in [1.54, 1.807) is 0 Å². The summed E-state index contributed by atoms with van der Waals surface area (Å²) < 4.78 is 1.96. The summed E-state index contributed by atoms with van der Waals surface area (Å²) in [7, 11) is 0. The molecule has 1 atom stereocenters. The molecule has 1 aromatic rings. The summed E-state index contributed by atoms with van der Waals surface area (Å²) in [6, 6.07) is 2.36. The predicted molar refractivity (Wildman–Crippen MR) is 49.2 cm³/mol. The lowest BCUT2D eigenvalue weighted by Gasteiger charge is -2.17. The largest absolute Gasteiger partial charge is 0.268 e. The van der Waals surface area contributed by atoms with Gasteiger partial charge in [-0.2, -0.15) is 10.4 Å². The van der Waals surface area contributed by atoms with E-state index >= 15 is 0 Å². The molecule has 13 heavy (non-hydrogen) atoms. The Bertz CT molecular complexity index is 332. The lowest BCUT2D eigenvalue weighted by atomic mass is 9.89. The summed E-state index contributed by atoms with van der Waals surface area (Å²) in [5.41, 5.74) is 2.44. The molecular formula is C10H13N3. The maximum Gasteiger partial charge on any atom is 0.0884 e. The zero-order chi connectivity index (χ0) is 9.26. The van der Waals surface area contributed by atoms with Crippen LogP contribution in [0.4, 0.5) is 0 Å². The molecule has 0 saturated heterocycles. The summed E-state index contributed by atoms with van der Waals surface area (Å²) in [5, 5.41) is 13.3. The van der Waals surface area contributed by atoms with Gasteiger partial charge < -0.3 is 0 Å². The SMILES string of the molecule is CCn1ncc2c1C(C#N)CCC2. The van der Waals surface area contributed by atoms with E-state index in [0.29, 0.717) is 0 Å². The summed E-state index contributed by atoms with van der Waals surface area (Å²) in [6.07, 6.45) is 5.13. The summed E-state index contributed by atoms with van der Waals surface area (Å²) in [5.74, 6) is 0.0752. The first-order valence-electron chi connectivity index (χ1n) is 4.81. The maximum atomic E-state index is 8.99. The molecule has 2 rings (SSSR count). The normalized spacial score (nSPS) is 20.8. The average molecular weight is 175 g/mol. The molecule has 1 aromatic heterocycles. The van der Waals surface area contributed by atoms with E-state index in [-0.39, 0.29) is 5.92 Å². The van der Waals surface area contributed by atoms with Crippen LogP contribution in [0.3, 0.4) is 0 Å². The maximum absolute atomic E-state index is 8.99. The van der Waals surface area contributed by atoms with E-state index < -0.39 is 0 Å². The van der Waals surface area contributed by atoms with Gasteiger partial charge in [0.2, 0.25) is 0 Å². The first kappa shape index (κ1) is 8.31. The van der Waals surface area contributed by atoms with E-state index in [0.717, 1.165) is 31.5 Å². The Kier molecular flexibility index (Phi) is 2.05. The molecule has 1 unspecified atom stereocenters. The van der Waals surface area contributed by atoms with Gasteiger partial charge in [-0.1, -0.05) is 0 Å². The van der Waals surface area contributed by atoms with Crippen LogP contribution < -0.4 is 0 Å². The number of nitrogens with zero attached hydrogens (tertiary/aromatic N) is 3. The van der Waals surface area contributed by atoms with Crippen molar-refractivity contribution >= 4 is 0 Å². The summed E-state index contributed by atoms with van der Waals surface area (Å²) in [4.78, 5) is 0. The van der Waals surface area contributed by atoms with Crippen molar-refractivity contribution in [1.29, 1.82) is 5.26 Å². The van der Waals surface area contributed by atoms with Crippen molar-refractivity contribution < 1.29 is 0 Å². The fraction of sp³-hybridized carbons (Fsp3) is 0.600. The number of hydrogen-bond acceptors (Lipinski definition) is 2. The van der Waals surface area contributed by atoms with E-state index in [1.807, 2.05) is 10.9 Å². The standard InChI is InChI=1S/C10H13N3/c1-2-13-10-8(6-11)4-3-5-9(10)7-12-13/h7-8H,2-5H2,1H3. The van der Waals surface area contributed by atoms with Crippen LogP contribution >= 0.6 is 0 Å². The van der Waals surface area contributed by atoms with Gasteiger partial charge in [-0.05, 0) is 31.7 Å². The molecule has 68 valence electrons. The van der Waals surface area contributed by atoms with Gasteiger partial charge in [0.05, 0.1) is 23.9 Å². The summed E-state index contributed by atoms with van der Waals surface area (Å²) >= 11 is 0. The van der Waals surface area contributed by atoms with Crippen LogP contribution in [0.5, 0.6) is 0 Å². The van der Waals surface area contributed by atoms with Crippen LogP contribution in [0.25, 0.3) is 0 Å². The van der Waals surface area contributed by atoms with Crippen LogP contribution in [0.1, 0.15) is 36.9 Å². The minimum absolute atomic E-state index is 0.0752. The first-order valence-corrected chi connectivity index (χ1v) is 4.81. The number of aromatic nitrogens is 2. The molecule has 0 saturated carbocycles. The van der Waals surface area contributed by atoms with Crippen molar-refractivity contribution in [2.75, 3.05) is 0 Å². The van der Waals surface area contributed by atoms with Gasteiger partial charge in [-0.25, -0.2) is 0 Å². The molecule has 0 fully saturated rings. The second-order valence-corrected chi connectivity index (χ2v) is 3.44. The third-order valence-electron chi connectivity index (χ3n) is 2.68. The second-order valence-electron chi connectivity index (χ2n) is 3.44. The molecule has 1 aliphatic rings. The molecule has 1 aliphatic carbocycles. The topological polar surface area (TPSA) is 41.6 Å². The lowest BCUT2D eigenvalue weighted by molar-refractivity contribution is 0.552.